The minimum absolute atomic E-state index is 0.179. The first kappa shape index (κ1) is 20.2. The van der Waals surface area contributed by atoms with Crippen LogP contribution in [0.15, 0.2) is 52.3 Å². The van der Waals surface area contributed by atoms with E-state index in [0.717, 1.165) is 22.2 Å². The fraction of sp³-hybridized carbons (Fsp3) is 0.111. The van der Waals surface area contributed by atoms with E-state index in [1.165, 1.54) is 23.5 Å². The van der Waals surface area contributed by atoms with Crippen molar-refractivity contribution in [2.75, 3.05) is 12.4 Å². The number of anilines is 1. The van der Waals surface area contributed by atoms with Gasteiger partial charge >= 0.3 is 6.36 Å². The molecule has 0 aliphatic rings. The van der Waals surface area contributed by atoms with Crippen molar-refractivity contribution in [3.63, 3.8) is 0 Å². The molecule has 1 amide bonds. The summed E-state index contributed by atoms with van der Waals surface area (Å²) >= 11 is 4.64. The van der Waals surface area contributed by atoms with Crippen LogP contribution in [0, 0.1) is 0 Å². The highest BCUT2D eigenvalue weighted by molar-refractivity contribution is 9.10. The zero-order valence-electron chi connectivity index (χ0n) is 14.2. The number of ether oxygens (including phenoxy) is 2. The molecule has 2 aromatic carbocycles. The molecule has 3 rings (SSSR count). The number of halogens is 4. The first-order valence-electron chi connectivity index (χ1n) is 7.72. The lowest BCUT2D eigenvalue weighted by atomic mass is 10.2. The molecule has 0 saturated heterocycles. The zero-order chi connectivity index (χ0) is 20.3. The molecule has 1 aromatic heterocycles. The number of alkyl halides is 3. The first-order valence-corrected chi connectivity index (χ1v) is 9.39. The molecule has 10 heteroatoms. The van der Waals surface area contributed by atoms with Gasteiger partial charge in [-0.15, -0.1) is 24.5 Å². The molecule has 5 nitrogen and oxygen atoms in total. The number of methoxy groups -OCH3 is 1. The molecule has 0 aliphatic carbocycles. The van der Waals surface area contributed by atoms with Gasteiger partial charge < -0.3 is 9.47 Å². The summed E-state index contributed by atoms with van der Waals surface area (Å²) in [5.41, 5.74) is 1.68. The second kappa shape index (κ2) is 8.19. The van der Waals surface area contributed by atoms with Gasteiger partial charge in [0.05, 0.1) is 17.3 Å². The summed E-state index contributed by atoms with van der Waals surface area (Å²) in [5, 5.41) is 4.77. The minimum Gasteiger partial charge on any atom is -0.496 e. The van der Waals surface area contributed by atoms with Gasteiger partial charge in [-0.25, -0.2) is 4.98 Å². The van der Waals surface area contributed by atoms with Crippen molar-refractivity contribution in [3.8, 4) is 22.8 Å². The number of aromatic nitrogens is 1. The molecule has 1 N–H and O–H groups in total. The summed E-state index contributed by atoms with van der Waals surface area (Å²) in [4.78, 5) is 16.6. The number of carbonyl (C=O) groups excluding carboxylic acids is 1. The number of nitrogens with zero attached hydrogens (tertiary/aromatic N) is 1. The van der Waals surface area contributed by atoms with E-state index < -0.39 is 18.0 Å². The third-order valence-electron chi connectivity index (χ3n) is 3.52. The van der Waals surface area contributed by atoms with Gasteiger partial charge in [-0.05, 0) is 58.4 Å². The Labute approximate surface area is 170 Å². The minimum atomic E-state index is -4.78. The smallest absolute Gasteiger partial charge is 0.496 e. The van der Waals surface area contributed by atoms with Crippen LogP contribution in [0.4, 0.5) is 18.3 Å². The molecule has 0 atom stereocenters. The van der Waals surface area contributed by atoms with Crippen molar-refractivity contribution in [2.24, 2.45) is 0 Å². The van der Waals surface area contributed by atoms with Crippen molar-refractivity contribution < 1.29 is 27.4 Å². The highest BCUT2D eigenvalue weighted by atomic mass is 79.9. The van der Waals surface area contributed by atoms with Crippen LogP contribution >= 0.6 is 27.3 Å². The van der Waals surface area contributed by atoms with Crippen LogP contribution in [0.1, 0.15) is 10.4 Å². The number of hydrogen-bond acceptors (Lipinski definition) is 5. The molecule has 0 fully saturated rings. The van der Waals surface area contributed by atoms with Crippen LogP contribution in [-0.2, 0) is 0 Å². The molecule has 3 aromatic rings. The molecule has 0 radical (unpaired) electrons. The van der Waals surface area contributed by atoms with Crippen molar-refractivity contribution in [1.29, 1.82) is 0 Å². The maximum absolute atomic E-state index is 12.3. The molecule has 0 saturated carbocycles. The van der Waals surface area contributed by atoms with Gasteiger partial charge in [0.25, 0.3) is 5.91 Å². The highest BCUT2D eigenvalue weighted by Gasteiger charge is 2.31. The number of thiazole rings is 1. The Morgan fingerprint density at radius 3 is 2.50 bits per heavy atom. The normalized spacial score (nSPS) is 11.2. The maximum atomic E-state index is 12.3. The molecular weight excluding hydrogens is 461 g/mol. The largest absolute Gasteiger partial charge is 0.573 e. The Kier molecular flexibility index (Phi) is 5.90. The van der Waals surface area contributed by atoms with E-state index in [4.69, 9.17) is 4.74 Å². The van der Waals surface area contributed by atoms with Gasteiger partial charge in [0.1, 0.15) is 11.5 Å². The summed E-state index contributed by atoms with van der Waals surface area (Å²) in [5.74, 6) is -0.202. The summed E-state index contributed by atoms with van der Waals surface area (Å²) in [6, 6.07) is 10.1. The van der Waals surface area contributed by atoms with E-state index >= 15 is 0 Å². The number of nitrogens with one attached hydrogen (secondary N) is 1. The molecule has 146 valence electrons. The third-order valence-corrected chi connectivity index (χ3v) is 4.90. The van der Waals surface area contributed by atoms with Gasteiger partial charge in [0, 0.05) is 16.5 Å². The van der Waals surface area contributed by atoms with Crippen LogP contribution in [0.2, 0.25) is 0 Å². The van der Waals surface area contributed by atoms with Gasteiger partial charge in [-0.2, -0.15) is 0 Å². The lowest BCUT2D eigenvalue weighted by molar-refractivity contribution is -0.274. The van der Waals surface area contributed by atoms with Gasteiger partial charge in [-0.3, -0.25) is 10.1 Å². The summed E-state index contributed by atoms with van der Waals surface area (Å²) < 4.78 is 46.3. The monoisotopic (exact) mass is 472 g/mol. The maximum Gasteiger partial charge on any atom is 0.573 e. The van der Waals surface area contributed by atoms with E-state index in [-0.39, 0.29) is 5.56 Å². The molecule has 0 spiro atoms. The number of hydrogen-bond donors (Lipinski definition) is 1. The third kappa shape index (κ3) is 5.02. The van der Waals surface area contributed by atoms with Crippen LogP contribution in [0.5, 0.6) is 11.5 Å². The second-order valence-electron chi connectivity index (χ2n) is 5.41. The molecule has 1 heterocycles. The van der Waals surface area contributed by atoms with Crippen molar-refractivity contribution in [3.05, 3.63) is 57.9 Å². The SMILES string of the molecule is COc1ccc(-c2csc(NC(=O)c3ccc(OC(F)(F)F)cc3)n2)cc1Br. The Balaban J connectivity index is 1.69. The van der Waals surface area contributed by atoms with Crippen molar-refractivity contribution in [2.45, 2.75) is 6.36 Å². The molecule has 0 aliphatic heterocycles. The van der Waals surface area contributed by atoms with E-state index in [0.29, 0.717) is 16.6 Å². The Morgan fingerprint density at radius 1 is 1.18 bits per heavy atom. The summed E-state index contributed by atoms with van der Waals surface area (Å²) in [7, 11) is 1.57. The quantitative estimate of drug-likeness (QED) is 0.514. The Bertz CT molecular complexity index is 990. The van der Waals surface area contributed by atoms with Crippen molar-refractivity contribution in [1.82, 2.24) is 4.98 Å². The van der Waals surface area contributed by atoms with Crippen LogP contribution in [0.3, 0.4) is 0 Å². The number of benzene rings is 2. The predicted molar refractivity (Wildman–Crippen MR) is 103 cm³/mol. The molecule has 0 bridgehead atoms. The number of amides is 1. The molecule has 28 heavy (non-hydrogen) atoms. The number of carbonyl (C=O) groups is 1. The number of rotatable bonds is 5. The van der Waals surface area contributed by atoms with Crippen molar-refractivity contribution >= 4 is 38.3 Å². The highest BCUT2D eigenvalue weighted by Crippen LogP contribution is 2.32. The summed E-state index contributed by atoms with van der Waals surface area (Å²) in [6.07, 6.45) is -4.78. The van der Waals surface area contributed by atoms with Crippen LogP contribution < -0.4 is 14.8 Å². The van der Waals surface area contributed by atoms with E-state index in [1.54, 1.807) is 18.6 Å². The lowest BCUT2D eigenvalue weighted by Gasteiger charge is -2.09. The lowest BCUT2D eigenvalue weighted by Crippen LogP contribution is -2.17. The molecule has 0 unspecified atom stereocenters. The van der Waals surface area contributed by atoms with Gasteiger partial charge in [0.15, 0.2) is 5.13 Å². The predicted octanol–water partition coefficient (Wildman–Crippen LogP) is 5.73. The van der Waals surface area contributed by atoms with Gasteiger partial charge in [0.2, 0.25) is 0 Å². The second-order valence-corrected chi connectivity index (χ2v) is 7.13. The van der Waals surface area contributed by atoms with E-state index in [1.807, 2.05) is 12.1 Å². The summed E-state index contributed by atoms with van der Waals surface area (Å²) in [6.45, 7) is 0. The molecular formula is C18H12BrF3N2O3S. The van der Waals surface area contributed by atoms with Gasteiger partial charge in [-0.1, -0.05) is 0 Å². The topological polar surface area (TPSA) is 60.5 Å². The van der Waals surface area contributed by atoms with Crippen LogP contribution in [0.25, 0.3) is 11.3 Å². The van der Waals surface area contributed by atoms with Crippen LogP contribution in [-0.4, -0.2) is 24.4 Å². The van der Waals surface area contributed by atoms with E-state index in [9.17, 15) is 18.0 Å². The Hall–Kier alpha value is -2.59. The average molecular weight is 473 g/mol. The standard InChI is InChI=1S/C18H12BrF3N2O3S/c1-26-15-7-4-11(8-13(15)19)14-9-28-17(23-14)24-16(25)10-2-5-12(6-3-10)27-18(20,21)22/h2-9H,1H3,(H,23,24,25). The zero-order valence-corrected chi connectivity index (χ0v) is 16.6. The first-order chi connectivity index (χ1) is 13.2. The average Bonchev–Trinajstić information content (AvgIpc) is 3.09. The fourth-order valence-electron chi connectivity index (χ4n) is 2.27. The Morgan fingerprint density at radius 2 is 1.89 bits per heavy atom. The van der Waals surface area contributed by atoms with E-state index in [2.05, 4.69) is 31.0 Å². The fourth-order valence-corrected chi connectivity index (χ4v) is 3.52.